The Kier molecular flexibility index (Phi) is 6.53. The Balaban J connectivity index is 1.12. The van der Waals surface area contributed by atoms with Gasteiger partial charge in [0.25, 0.3) is 0 Å². The van der Waals surface area contributed by atoms with Gasteiger partial charge in [-0.05, 0) is 55.2 Å². The molecule has 3 aromatic carbocycles. The van der Waals surface area contributed by atoms with Crippen LogP contribution in [0, 0.1) is 6.92 Å². The summed E-state index contributed by atoms with van der Waals surface area (Å²) in [6, 6.07) is 28.5. The van der Waals surface area contributed by atoms with Crippen molar-refractivity contribution in [2.75, 3.05) is 16.8 Å². The molecule has 202 valence electrons. The standard InChI is InChI=1S/C33H28N6OS/c1-22-27(26-19-34-38(21-26)20-23-8-3-2-4-9-23)15-16-28(35-22)25-14-13-24-10-7-17-39(30(24)18-25)33(40)37-32-36-29-11-5-6-12-31(29)41-32/h2-6,8-9,11-16,18-19,21H,7,10,17,20H2,1H3,(H,36,37,40). The van der Waals surface area contributed by atoms with Gasteiger partial charge in [0.2, 0.25) is 0 Å². The summed E-state index contributed by atoms with van der Waals surface area (Å²) in [5.74, 6) is 0. The highest BCUT2D eigenvalue weighted by atomic mass is 32.1. The molecule has 1 N–H and O–H groups in total. The number of hydrogen-bond acceptors (Lipinski definition) is 5. The Morgan fingerprint density at radius 1 is 0.951 bits per heavy atom. The zero-order chi connectivity index (χ0) is 27.8. The first-order chi connectivity index (χ1) is 20.1. The molecule has 1 aliphatic heterocycles. The van der Waals surface area contributed by atoms with E-state index in [0.29, 0.717) is 11.7 Å². The third kappa shape index (κ3) is 5.10. The fourth-order valence-electron chi connectivity index (χ4n) is 5.42. The topological polar surface area (TPSA) is 75.9 Å². The van der Waals surface area contributed by atoms with Crippen molar-refractivity contribution in [3.05, 3.63) is 114 Å². The number of anilines is 2. The molecule has 41 heavy (non-hydrogen) atoms. The van der Waals surface area contributed by atoms with E-state index in [2.05, 4.69) is 58.0 Å². The molecule has 0 radical (unpaired) electrons. The number of rotatable bonds is 5. The van der Waals surface area contributed by atoms with E-state index >= 15 is 0 Å². The van der Waals surface area contributed by atoms with Crippen LogP contribution in [0.2, 0.25) is 0 Å². The summed E-state index contributed by atoms with van der Waals surface area (Å²) in [4.78, 5) is 24.8. The molecule has 7 rings (SSSR count). The summed E-state index contributed by atoms with van der Waals surface area (Å²) in [5, 5.41) is 8.20. The number of fused-ring (bicyclic) bond motifs is 2. The largest absolute Gasteiger partial charge is 0.328 e. The molecule has 0 saturated heterocycles. The van der Waals surface area contributed by atoms with E-state index in [0.717, 1.165) is 63.4 Å². The highest BCUT2D eigenvalue weighted by Gasteiger charge is 2.24. The van der Waals surface area contributed by atoms with Crippen LogP contribution in [0.5, 0.6) is 0 Å². The molecule has 6 aromatic rings. The van der Waals surface area contributed by atoms with E-state index in [1.165, 1.54) is 22.5 Å². The quantitative estimate of drug-likeness (QED) is 0.238. The molecule has 0 saturated carbocycles. The second-order valence-corrected chi connectivity index (χ2v) is 11.3. The predicted octanol–water partition coefficient (Wildman–Crippen LogP) is 7.56. The number of carbonyl (C=O) groups is 1. The SMILES string of the molecule is Cc1nc(-c2ccc3c(c2)N(C(=O)Nc2nc4ccccc4s2)CCC3)ccc1-c1cnn(Cc2ccccc2)c1. The number of pyridine rings is 1. The van der Waals surface area contributed by atoms with Gasteiger partial charge in [-0.2, -0.15) is 5.10 Å². The Morgan fingerprint density at radius 3 is 2.66 bits per heavy atom. The Labute approximate surface area is 242 Å². The van der Waals surface area contributed by atoms with Crippen molar-refractivity contribution < 1.29 is 4.79 Å². The number of hydrogen-bond donors (Lipinski definition) is 1. The van der Waals surface area contributed by atoms with Gasteiger partial charge in [-0.25, -0.2) is 9.78 Å². The minimum atomic E-state index is -0.158. The summed E-state index contributed by atoms with van der Waals surface area (Å²) in [5.41, 5.74) is 9.09. The maximum absolute atomic E-state index is 13.4. The highest BCUT2D eigenvalue weighted by Crippen LogP contribution is 2.34. The molecule has 8 heteroatoms. The number of benzene rings is 3. The monoisotopic (exact) mass is 556 g/mol. The van der Waals surface area contributed by atoms with Crippen molar-refractivity contribution in [2.24, 2.45) is 0 Å². The molecule has 2 amide bonds. The molecule has 7 nitrogen and oxygen atoms in total. The lowest BCUT2D eigenvalue weighted by Crippen LogP contribution is -2.38. The van der Waals surface area contributed by atoms with Gasteiger partial charge in [0.1, 0.15) is 0 Å². The molecule has 4 heterocycles. The van der Waals surface area contributed by atoms with Crippen molar-refractivity contribution in [1.29, 1.82) is 0 Å². The van der Waals surface area contributed by atoms with Crippen molar-refractivity contribution in [3.8, 4) is 22.4 Å². The number of thiazole rings is 1. The number of aryl methyl sites for hydroxylation is 2. The van der Waals surface area contributed by atoms with Crippen LogP contribution in [-0.2, 0) is 13.0 Å². The average Bonchev–Trinajstić information content (AvgIpc) is 3.63. The lowest BCUT2D eigenvalue weighted by Gasteiger charge is -2.29. The first-order valence-electron chi connectivity index (χ1n) is 13.7. The zero-order valence-electron chi connectivity index (χ0n) is 22.6. The minimum Gasteiger partial charge on any atom is -0.294 e. The molecular weight excluding hydrogens is 528 g/mol. The molecule has 0 aliphatic carbocycles. The van der Waals surface area contributed by atoms with Crippen LogP contribution in [-0.4, -0.2) is 32.3 Å². The van der Waals surface area contributed by atoms with E-state index in [1.807, 2.05) is 71.2 Å². The Hall–Kier alpha value is -4.82. The van der Waals surface area contributed by atoms with Crippen molar-refractivity contribution in [1.82, 2.24) is 19.7 Å². The maximum Gasteiger partial charge on any atom is 0.328 e. The average molecular weight is 557 g/mol. The predicted molar refractivity (Wildman–Crippen MR) is 165 cm³/mol. The lowest BCUT2D eigenvalue weighted by molar-refractivity contribution is 0.256. The normalized spacial score (nSPS) is 12.9. The van der Waals surface area contributed by atoms with E-state index < -0.39 is 0 Å². The van der Waals surface area contributed by atoms with E-state index in [9.17, 15) is 4.79 Å². The van der Waals surface area contributed by atoms with Crippen LogP contribution in [0.15, 0.2) is 97.3 Å². The number of carbonyl (C=O) groups excluding carboxylic acids is 1. The summed E-state index contributed by atoms with van der Waals surface area (Å²) >= 11 is 1.49. The molecule has 0 fully saturated rings. The summed E-state index contributed by atoms with van der Waals surface area (Å²) in [6.07, 6.45) is 5.83. The van der Waals surface area contributed by atoms with Crippen molar-refractivity contribution in [3.63, 3.8) is 0 Å². The van der Waals surface area contributed by atoms with Gasteiger partial charge >= 0.3 is 6.03 Å². The molecule has 0 unspecified atom stereocenters. The maximum atomic E-state index is 13.4. The molecule has 0 bridgehead atoms. The van der Waals surface area contributed by atoms with Gasteiger partial charge in [0.15, 0.2) is 5.13 Å². The summed E-state index contributed by atoms with van der Waals surface area (Å²) in [7, 11) is 0. The Morgan fingerprint density at radius 2 is 1.80 bits per heavy atom. The Bertz CT molecular complexity index is 1840. The first-order valence-corrected chi connectivity index (χ1v) is 14.5. The number of nitrogens with one attached hydrogen (secondary N) is 1. The third-order valence-electron chi connectivity index (χ3n) is 7.47. The van der Waals surface area contributed by atoms with Crippen LogP contribution >= 0.6 is 11.3 Å². The number of urea groups is 1. The fraction of sp³-hybridized carbons (Fsp3) is 0.152. The smallest absolute Gasteiger partial charge is 0.294 e. The van der Waals surface area contributed by atoms with Gasteiger partial charge in [0.05, 0.1) is 28.7 Å². The lowest BCUT2D eigenvalue weighted by atomic mass is 9.98. The number of nitrogens with zero attached hydrogens (tertiary/aromatic N) is 5. The number of para-hydroxylation sites is 1. The van der Waals surface area contributed by atoms with E-state index in [1.54, 1.807) is 0 Å². The molecule has 1 aliphatic rings. The second-order valence-electron chi connectivity index (χ2n) is 10.3. The van der Waals surface area contributed by atoms with Crippen LogP contribution < -0.4 is 10.2 Å². The van der Waals surface area contributed by atoms with Crippen molar-refractivity contribution in [2.45, 2.75) is 26.3 Å². The van der Waals surface area contributed by atoms with Crippen LogP contribution in [0.3, 0.4) is 0 Å². The minimum absolute atomic E-state index is 0.158. The van der Waals surface area contributed by atoms with E-state index in [-0.39, 0.29) is 6.03 Å². The van der Waals surface area contributed by atoms with Gasteiger partial charge in [-0.3, -0.25) is 19.9 Å². The zero-order valence-corrected chi connectivity index (χ0v) is 23.4. The summed E-state index contributed by atoms with van der Waals surface area (Å²) < 4.78 is 3.01. The van der Waals surface area contributed by atoms with E-state index in [4.69, 9.17) is 4.98 Å². The molecule has 0 spiro atoms. The third-order valence-corrected chi connectivity index (χ3v) is 8.42. The highest BCUT2D eigenvalue weighted by molar-refractivity contribution is 7.22. The van der Waals surface area contributed by atoms with Gasteiger partial charge in [0, 0.05) is 40.8 Å². The summed E-state index contributed by atoms with van der Waals surface area (Å²) in [6.45, 7) is 3.42. The van der Waals surface area contributed by atoms with Gasteiger partial charge in [-0.1, -0.05) is 72.0 Å². The van der Waals surface area contributed by atoms with Crippen molar-refractivity contribution >= 4 is 38.4 Å². The molecule has 0 atom stereocenters. The number of aromatic nitrogens is 4. The fourth-order valence-corrected chi connectivity index (χ4v) is 6.27. The van der Waals surface area contributed by atoms with Crippen LogP contribution in [0.25, 0.3) is 32.6 Å². The first kappa shape index (κ1) is 25.2. The number of amides is 2. The van der Waals surface area contributed by atoms with Gasteiger partial charge in [-0.15, -0.1) is 0 Å². The van der Waals surface area contributed by atoms with Crippen LogP contribution in [0.1, 0.15) is 23.2 Å². The second kappa shape index (κ2) is 10.6. The van der Waals surface area contributed by atoms with Gasteiger partial charge < -0.3 is 0 Å². The molecule has 3 aromatic heterocycles. The molecular formula is C33H28N6OS. The van der Waals surface area contributed by atoms with Crippen LogP contribution in [0.4, 0.5) is 15.6 Å².